The molecule has 2 nitrogen and oxygen atoms in total. The number of rotatable bonds is 4. The molecule has 1 saturated heterocycles. The molecule has 1 fully saturated rings. The number of halogens is 4. The third-order valence-electron chi connectivity index (χ3n) is 4.08. The highest BCUT2D eigenvalue weighted by Crippen LogP contribution is 2.32. The van der Waals surface area contributed by atoms with Crippen molar-refractivity contribution in [2.24, 2.45) is 5.92 Å². The van der Waals surface area contributed by atoms with Crippen molar-refractivity contribution >= 4 is 12.4 Å². The Labute approximate surface area is 130 Å². The number of alkyl halides is 3. The van der Waals surface area contributed by atoms with Gasteiger partial charge in [-0.1, -0.05) is 12.1 Å². The van der Waals surface area contributed by atoms with E-state index in [0.29, 0.717) is 5.92 Å². The first kappa shape index (κ1) is 18.3. The van der Waals surface area contributed by atoms with Gasteiger partial charge in [0.05, 0.1) is 5.56 Å². The molecule has 6 heteroatoms. The van der Waals surface area contributed by atoms with Gasteiger partial charge in [-0.05, 0) is 57.1 Å². The minimum absolute atomic E-state index is 0. The van der Waals surface area contributed by atoms with Crippen LogP contribution in [0.15, 0.2) is 24.3 Å². The van der Waals surface area contributed by atoms with Crippen LogP contribution >= 0.6 is 12.4 Å². The van der Waals surface area contributed by atoms with E-state index in [1.54, 1.807) is 12.1 Å². The lowest BCUT2D eigenvalue weighted by Crippen LogP contribution is -2.27. The van der Waals surface area contributed by atoms with Gasteiger partial charge < -0.3 is 5.32 Å². The van der Waals surface area contributed by atoms with Gasteiger partial charge in [0.2, 0.25) is 0 Å². The average molecular weight is 323 g/mol. The van der Waals surface area contributed by atoms with Crippen LogP contribution in [0.5, 0.6) is 0 Å². The molecule has 2 atom stereocenters. The molecule has 0 aromatic heterocycles. The van der Waals surface area contributed by atoms with E-state index in [0.717, 1.165) is 31.6 Å². The highest BCUT2D eigenvalue weighted by Gasteiger charge is 2.31. The average Bonchev–Trinajstić information content (AvgIpc) is 2.86. The molecule has 0 amide bonds. The standard InChI is InChI=1S/C15H21F3N2.ClH/c1-11(20-8-7-12(10-20)9-19-2)13-3-5-14(6-4-13)15(16,17)18;/h3-6,11-12,19H,7-10H2,1-2H3;1H. The molecule has 1 N–H and O–H groups in total. The molecule has 0 radical (unpaired) electrons. The summed E-state index contributed by atoms with van der Waals surface area (Å²) in [6, 6.07) is 5.71. The predicted molar refractivity (Wildman–Crippen MR) is 80.7 cm³/mol. The Morgan fingerprint density at radius 2 is 1.90 bits per heavy atom. The van der Waals surface area contributed by atoms with Crippen LogP contribution in [0.4, 0.5) is 13.2 Å². The maximum absolute atomic E-state index is 12.5. The number of nitrogens with one attached hydrogen (secondary N) is 1. The third-order valence-corrected chi connectivity index (χ3v) is 4.08. The fourth-order valence-electron chi connectivity index (χ4n) is 2.83. The van der Waals surface area contributed by atoms with Crippen molar-refractivity contribution in [2.75, 3.05) is 26.7 Å². The zero-order valence-corrected chi connectivity index (χ0v) is 13.1. The topological polar surface area (TPSA) is 15.3 Å². The monoisotopic (exact) mass is 322 g/mol. The predicted octanol–water partition coefficient (Wildman–Crippen LogP) is 3.73. The van der Waals surface area contributed by atoms with E-state index in [2.05, 4.69) is 17.1 Å². The minimum Gasteiger partial charge on any atom is -0.319 e. The Bertz CT molecular complexity index is 434. The fourth-order valence-corrected chi connectivity index (χ4v) is 2.83. The molecule has 0 bridgehead atoms. The smallest absolute Gasteiger partial charge is 0.319 e. The van der Waals surface area contributed by atoms with Crippen molar-refractivity contribution in [3.63, 3.8) is 0 Å². The van der Waals surface area contributed by atoms with E-state index >= 15 is 0 Å². The zero-order valence-electron chi connectivity index (χ0n) is 12.3. The molecule has 1 heterocycles. The number of nitrogens with zero attached hydrogens (tertiary/aromatic N) is 1. The summed E-state index contributed by atoms with van der Waals surface area (Å²) in [6.07, 6.45) is -3.11. The summed E-state index contributed by atoms with van der Waals surface area (Å²) in [4.78, 5) is 2.34. The molecule has 0 spiro atoms. The summed E-state index contributed by atoms with van der Waals surface area (Å²) in [6.45, 7) is 5.07. The largest absolute Gasteiger partial charge is 0.416 e. The Hall–Kier alpha value is -0.780. The highest BCUT2D eigenvalue weighted by molar-refractivity contribution is 5.85. The van der Waals surface area contributed by atoms with Crippen LogP contribution in [0.2, 0.25) is 0 Å². The molecule has 1 aliphatic heterocycles. The maximum Gasteiger partial charge on any atom is 0.416 e. The van der Waals surface area contributed by atoms with Gasteiger partial charge >= 0.3 is 6.18 Å². The van der Waals surface area contributed by atoms with Crippen molar-refractivity contribution < 1.29 is 13.2 Å². The van der Waals surface area contributed by atoms with E-state index in [-0.39, 0.29) is 18.4 Å². The highest BCUT2D eigenvalue weighted by atomic mass is 35.5. The van der Waals surface area contributed by atoms with Crippen LogP contribution in [-0.2, 0) is 6.18 Å². The summed E-state index contributed by atoms with van der Waals surface area (Å²) in [5, 5.41) is 3.18. The number of likely N-dealkylation sites (tertiary alicyclic amines) is 1. The van der Waals surface area contributed by atoms with Crippen LogP contribution in [0.1, 0.15) is 30.5 Å². The van der Waals surface area contributed by atoms with Crippen molar-refractivity contribution in [3.8, 4) is 0 Å². The number of hydrogen-bond acceptors (Lipinski definition) is 2. The van der Waals surface area contributed by atoms with Gasteiger partial charge in [-0.15, -0.1) is 12.4 Å². The van der Waals surface area contributed by atoms with Gasteiger partial charge in [0.25, 0.3) is 0 Å². The Morgan fingerprint density at radius 1 is 1.29 bits per heavy atom. The molecular formula is C15H22ClF3N2. The third kappa shape index (κ3) is 4.59. The first-order chi connectivity index (χ1) is 9.41. The lowest BCUT2D eigenvalue weighted by Gasteiger charge is -2.25. The molecule has 1 aliphatic rings. The quantitative estimate of drug-likeness (QED) is 0.908. The summed E-state index contributed by atoms with van der Waals surface area (Å²) in [5.74, 6) is 0.636. The first-order valence-electron chi connectivity index (χ1n) is 6.97. The van der Waals surface area contributed by atoms with Gasteiger partial charge in [0.1, 0.15) is 0 Å². The molecule has 1 aromatic rings. The summed E-state index contributed by atoms with van der Waals surface area (Å²) >= 11 is 0. The van der Waals surface area contributed by atoms with E-state index < -0.39 is 11.7 Å². The summed E-state index contributed by atoms with van der Waals surface area (Å²) < 4.78 is 37.6. The van der Waals surface area contributed by atoms with Crippen LogP contribution in [-0.4, -0.2) is 31.6 Å². The summed E-state index contributed by atoms with van der Waals surface area (Å²) in [7, 11) is 1.95. The Balaban J connectivity index is 0.00000220. The van der Waals surface area contributed by atoms with E-state index in [1.807, 2.05) is 7.05 Å². The summed E-state index contributed by atoms with van der Waals surface area (Å²) in [5.41, 5.74) is 0.367. The molecule has 0 saturated carbocycles. The lowest BCUT2D eigenvalue weighted by molar-refractivity contribution is -0.137. The Morgan fingerprint density at radius 3 is 2.43 bits per heavy atom. The molecule has 21 heavy (non-hydrogen) atoms. The first-order valence-corrected chi connectivity index (χ1v) is 6.97. The van der Waals surface area contributed by atoms with Gasteiger partial charge in [0, 0.05) is 12.6 Å². The van der Waals surface area contributed by atoms with E-state index in [9.17, 15) is 13.2 Å². The van der Waals surface area contributed by atoms with Crippen LogP contribution in [0.25, 0.3) is 0 Å². The van der Waals surface area contributed by atoms with Crippen LogP contribution in [0.3, 0.4) is 0 Å². The molecule has 2 rings (SSSR count). The van der Waals surface area contributed by atoms with Crippen molar-refractivity contribution in [2.45, 2.75) is 25.6 Å². The fraction of sp³-hybridized carbons (Fsp3) is 0.600. The van der Waals surface area contributed by atoms with E-state index in [1.165, 1.54) is 12.1 Å². The molecule has 0 aliphatic carbocycles. The van der Waals surface area contributed by atoms with Crippen LogP contribution < -0.4 is 5.32 Å². The number of benzene rings is 1. The lowest BCUT2D eigenvalue weighted by atomic mass is 10.0. The van der Waals surface area contributed by atoms with Crippen molar-refractivity contribution in [3.05, 3.63) is 35.4 Å². The minimum atomic E-state index is -4.26. The SMILES string of the molecule is CNCC1CCN(C(C)c2ccc(C(F)(F)F)cc2)C1.Cl. The zero-order chi connectivity index (χ0) is 14.8. The van der Waals surface area contributed by atoms with Crippen LogP contribution in [0, 0.1) is 5.92 Å². The molecular weight excluding hydrogens is 301 g/mol. The van der Waals surface area contributed by atoms with Gasteiger partial charge in [-0.25, -0.2) is 0 Å². The van der Waals surface area contributed by atoms with Gasteiger partial charge in [-0.3, -0.25) is 4.90 Å². The maximum atomic E-state index is 12.5. The second-order valence-electron chi connectivity index (χ2n) is 5.50. The Kier molecular flexibility index (Phi) is 6.50. The van der Waals surface area contributed by atoms with Gasteiger partial charge in [0.15, 0.2) is 0 Å². The van der Waals surface area contributed by atoms with Crippen molar-refractivity contribution in [1.29, 1.82) is 0 Å². The molecule has 1 aromatic carbocycles. The van der Waals surface area contributed by atoms with Gasteiger partial charge in [-0.2, -0.15) is 13.2 Å². The molecule has 120 valence electrons. The number of hydrogen-bond donors (Lipinski definition) is 1. The molecule has 2 unspecified atom stereocenters. The van der Waals surface area contributed by atoms with E-state index in [4.69, 9.17) is 0 Å². The van der Waals surface area contributed by atoms with Crippen molar-refractivity contribution in [1.82, 2.24) is 10.2 Å². The second kappa shape index (κ2) is 7.47. The second-order valence-corrected chi connectivity index (χ2v) is 5.50. The normalized spacial score (nSPS) is 21.1.